The first-order valence-corrected chi connectivity index (χ1v) is 7.14. The van der Waals surface area contributed by atoms with E-state index in [9.17, 15) is 17.7 Å². The molecule has 22 heavy (non-hydrogen) atoms. The molecule has 124 valence electrons. The Bertz CT molecular complexity index is 553. The SMILES string of the molecule is Cn1cc(C2CN(C(=O)OC(C)(C)C)CC2[B-](F)(F)F)cn1. The zero-order valence-electron chi connectivity index (χ0n) is 13.1. The van der Waals surface area contributed by atoms with Crippen molar-refractivity contribution in [3.63, 3.8) is 0 Å². The first-order chi connectivity index (χ1) is 9.97. The molecule has 0 aliphatic carbocycles. The Labute approximate surface area is 127 Å². The van der Waals surface area contributed by atoms with Crippen LogP contribution < -0.4 is 0 Å². The van der Waals surface area contributed by atoms with Crippen molar-refractivity contribution in [3.8, 4) is 0 Å². The molecule has 2 rings (SSSR count). The Kier molecular flexibility index (Phi) is 4.19. The maximum Gasteiger partial charge on any atom is 0.483 e. The van der Waals surface area contributed by atoms with E-state index >= 15 is 0 Å². The lowest BCUT2D eigenvalue weighted by Crippen LogP contribution is -2.36. The molecule has 2 unspecified atom stereocenters. The second-order valence-electron chi connectivity index (χ2n) is 6.73. The second kappa shape index (κ2) is 5.51. The van der Waals surface area contributed by atoms with E-state index < -0.39 is 30.4 Å². The summed E-state index contributed by atoms with van der Waals surface area (Å²) < 4.78 is 46.6. The van der Waals surface area contributed by atoms with Crippen molar-refractivity contribution in [2.45, 2.75) is 38.1 Å². The molecule has 1 saturated heterocycles. The minimum Gasteiger partial charge on any atom is -0.449 e. The number of ether oxygens (including phenoxy) is 1. The molecule has 0 spiro atoms. The van der Waals surface area contributed by atoms with Crippen LogP contribution in [0.2, 0.25) is 5.82 Å². The van der Waals surface area contributed by atoms with Crippen molar-refractivity contribution in [1.29, 1.82) is 0 Å². The smallest absolute Gasteiger partial charge is 0.449 e. The van der Waals surface area contributed by atoms with E-state index in [0.717, 1.165) is 4.90 Å². The predicted molar refractivity (Wildman–Crippen MR) is 76.6 cm³/mol. The molecule has 9 heteroatoms. The van der Waals surface area contributed by atoms with Gasteiger partial charge in [0.15, 0.2) is 0 Å². The summed E-state index contributed by atoms with van der Waals surface area (Å²) in [5.41, 5.74) is -0.236. The second-order valence-corrected chi connectivity index (χ2v) is 6.73. The van der Waals surface area contributed by atoms with E-state index in [2.05, 4.69) is 5.10 Å². The first-order valence-electron chi connectivity index (χ1n) is 7.14. The fourth-order valence-electron chi connectivity index (χ4n) is 2.67. The van der Waals surface area contributed by atoms with Gasteiger partial charge in [-0.15, -0.1) is 0 Å². The average Bonchev–Trinajstić information content (AvgIpc) is 2.91. The summed E-state index contributed by atoms with van der Waals surface area (Å²) in [5, 5.41) is 3.93. The molecule has 5 nitrogen and oxygen atoms in total. The number of aromatic nitrogens is 2. The van der Waals surface area contributed by atoms with Gasteiger partial charge >= 0.3 is 13.1 Å². The summed E-state index contributed by atoms with van der Waals surface area (Å²) in [6.45, 7) is -0.375. The van der Waals surface area contributed by atoms with Crippen molar-refractivity contribution < 1.29 is 22.5 Å². The number of likely N-dealkylation sites (tertiary alicyclic amines) is 1. The van der Waals surface area contributed by atoms with Crippen LogP contribution in [0.15, 0.2) is 12.4 Å². The first kappa shape index (κ1) is 16.7. The fraction of sp³-hybridized carbons (Fsp3) is 0.692. The zero-order chi connectivity index (χ0) is 16.7. The monoisotopic (exact) mass is 318 g/mol. The number of carbonyl (C=O) groups is 1. The summed E-state index contributed by atoms with van der Waals surface area (Å²) >= 11 is 0. The maximum atomic E-state index is 13.3. The summed E-state index contributed by atoms with van der Waals surface area (Å²) in [6, 6.07) is 0. The van der Waals surface area contributed by atoms with Crippen molar-refractivity contribution in [2.75, 3.05) is 13.1 Å². The normalized spacial score (nSPS) is 23.0. The highest BCUT2D eigenvalue weighted by atomic mass is 19.4. The highest BCUT2D eigenvalue weighted by molar-refractivity contribution is 6.60. The maximum absolute atomic E-state index is 13.3. The van der Waals surface area contributed by atoms with E-state index in [4.69, 9.17) is 4.74 Å². The van der Waals surface area contributed by atoms with Crippen molar-refractivity contribution in [2.24, 2.45) is 7.05 Å². The predicted octanol–water partition coefficient (Wildman–Crippen LogP) is 2.97. The van der Waals surface area contributed by atoms with Gasteiger partial charge in [-0.1, -0.05) is 0 Å². The van der Waals surface area contributed by atoms with Gasteiger partial charge in [-0.3, -0.25) is 4.68 Å². The molecule has 0 N–H and O–H groups in total. The summed E-state index contributed by atoms with van der Waals surface area (Å²) in [4.78, 5) is 13.2. The average molecular weight is 318 g/mol. The molecule has 0 aromatic carbocycles. The Morgan fingerprint density at radius 1 is 1.36 bits per heavy atom. The third kappa shape index (κ3) is 3.75. The molecular weight excluding hydrogens is 298 g/mol. The van der Waals surface area contributed by atoms with Gasteiger partial charge in [0, 0.05) is 26.3 Å². The van der Waals surface area contributed by atoms with Crippen molar-refractivity contribution in [1.82, 2.24) is 14.7 Å². The summed E-state index contributed by atoms with van der Waals surface area (Å²) in [6.07, 6.45) is 2.29. The number of nitrogens with zero attached hydrogens (tertiary/aromatic N) is 3. The van der Waals surface area contributed by atoms with Gasteiger partial charge in [-0.2, -0.15) is 5.10 Å². The Morgan fingerprint density at radius 2 is 2.00 bits per heavy atom. The summed E-state index contributed by atoms with van der Waals surface area (Å²) in [7, 11) is 1.65. The molecule has 2 atom stereocenters. The van der Waals surface area contributed by atoms with E-state index in [0.29, 0.717) is 5.56 Å². The minimum atomic E-state index is -5.06. The molecule has 0 radical (unpaired) electrons. The molecule has 1 aromatic heterocycles. The number of aryl methyl sites for hydroxylation is 1. The topological polar surface area (TPSA) is 47.4 Å². The van der Waals surface area contributed by atoms with Gasteiger partial charge in [-0.05, 0) is 38.1 Å². The number of carbonyl (C=O) groups excluding carboxylic acids is 1. The van der Waals surface area contributed by atoms with Crippen LogP contribution in [-0.2, 0) is 11.8 Å². The lowest BCUT2D eigenvalue weighted by Gasteiger charge is -2.27. The van der Waals surface area contributed by atoms with Gasteiger partial charge in [0.05, 0.1) is 6.20 Å². The number of hydrogen-bond acceptors (Lipinski definition) is 3. The molecule has 0 saturated carbocycles. The van der Waals surface area contributed by atoms with E-state index in [-0.39, 0.29) is 13.1 Å². The highest BCUT2D eigenvalue weighted by Crippen LogP contribution is 2.45. The molecular formula is C13H20BF3N3O2-. The third-order valence-corrected chi connectivity index (χ3v) is 3.66. The van der Waals surface area contributed by atoms with Gasteiger partial charge in [0.1, 0.15) is 5.60 Å². The van der Waals surface area contributed by atoms with Crippen LogP contribution in [0.4, 0.5) is 17.7 Å². The van der Waals surface area contributed by atoms with Crippen LogP contribution in [0.25, 0.3) is 0 Å². The quantitative estimate of drug-likeness (QED) is 0.788. The van der Waals surface area contributed by atoms with Crippen LogP contribution in [0.3, 0.4) is 0 Å². The van der Waals surface area contributed by atoms with Gasteiger partial charge in [0.2, 0.25) is 0 Å². The lowest BCUT2D eigenvalue weighted by atomic mass is 9.66. The van der Waals surface area contributed by atoms with Crippen molar-refractivity contribution >= 4 is 13.1 Å². The summed E-state index contributed by atoms with van der Waals surface area (Å²) in [5.74, 6) is -2.34. The van der Waals surface area contributed by atoms with Crippen LogP contribution in [-0.4, -0.2) is 46.4 Å². The van der Waals surface area contributed by atoms with Crippen LogP contribution in [0.1, 0.15) is 32.3 Å². The number of hydrogen-bond donors (Lipinski definition) is 0. The van der Waals surface area contributed by atoms with Gasteiger partial charge in [0.25, 0.3) is 0 Å². The molecule has 1 aliphatic heterocycles. The van der Waals surface area contributed by atoms with Crippen LogP contribution in [0.5, 0.6) is 0 Å². The molecule has 2 heterocycles. The number of halogens is 3. The molecule has 1 aromatic rings. The van der Waals surface area contributed by atoms with Crippen LogP contribution in [0, 0.1) is 0 Å². The molecule has 0 bridgehead atoms. The minimum absolute atomic E-state index is 0.00741. The Hall–Kier alpha value is -1.67. The Morgan fingerprint density at radius 3 is 2.45 bits per heavy atom. The Balaban J connectivity index is 2.20. The van der Waals surface area contributed by atoms with Gasteiger partial charge < -0.3 is 22.6 Å². The fourth-order valence-corrected chi connectivity index (χ4v) is 2.67. The standard InChI is InChI=1S/C13H20BF3N3O2/c1-13(2,3)22-12(21)20-7-10(9-5-18-19(4)6-9)11(8-20)14(15,16)17/h5-6,10-11H,7-8H2,1-4H3/q-1. The highest BCUT2D eigenvalue weighted by Gasteiger charge is 2.48. The number of amides is 1. The van der Waals surface area contributed by atoms with Crippen molar-refractivity contribution in [3.05, 3.63) is 18.0 Å². The third-order valence-electron chi connectivity index (χ3n) is 3.66. The van der Waals surface area contributed by atoms with E-state index in [1.807, 2.05) is 0 Å². The van der Waals surface area contributed by atoms with Gasteiger partial charge in [-0.25, -0.2) is 4.79 Å². The van der Waals surface area contributed by atoms with Crippen LogP contribution >= 0.6 is 0 Å². The van der Waals surface area contributed by atoms with E-state index in [1.165, 1.54) is 10.9 Å². The zero-order valence-corrected chi connectivity index (χ0v) is 13.1. The molecule has 1 amide bonds. The molecule has 1 aliphatic rings. The number of rotatable bonds is 2. The van der Waals surface area contributed by atoms with E-state index in [1.54, 1.807) is 34.0 Å². The molecule has 1 fully saturated rings. The lowest BCUT2D eigenvalue weighted by molar-refractivity contribution is 0.0292. The largest absolute Gasteiger partial charge is 0.483 e.